The zero-order valence-corrected chi connectivity index (χ0v) is 7.37. The average Bonchev–Trinajstić information content (AvgIpc) is 1.97. The number of nitrogens with two attached hydrogens (primary N) is 2. The molecule has 0 radical (unpaired) electrons. The minimum atomic E-state index is 0.584. The summed E-state index contributed by atoms with van der Waals surface area (Å²) in [6, 6.07) is 1.78. The average molecular weight is 171 g/mol. The van der Waals surface area contributed by atoms with E-state index in [0.717, 1.165) is 11.1 Å². The van der Waals surface area contributed by atoms with Crippen LogP contribution in [0.25, 0.3) is 0 Å². The minimum absolute atomic E-state index is 0.584. The molecule has 4 N–H and O–H groups in total. The van der Waals surface area contributed by atoms with E-state index in [4.69, 9.17) is 23.1 Å². The van der Waals surface area contributed by atoms with Crippen LogP contribution < -0.4 is 11.5 Å². The third kappa shape index (κ3) is 1.26. The summed E-state index contributed by atoms with van der Waals surface area (Å²) < 4.78 is 0. The molecular weight excluding hydrogens is 160 g/mol. The predicted octanol–water partition coefficient (Wildman–Crippen LogP) is 2.12. The molecule has 2 nitrogen and oxygen atoms in total. The van der Waals surface area contributed by atoms with Crippen molar-refractivity contribution in [1.82, 2.24) is 0 Å². The van der Waals surface area contributed by atoms with Crippen LogP contribution in [-0.2, 0) is 0 Å². The first-order valence-corrected chi connectivity index (χ1v) is 3.72. The van der Waals surface area contributed by atoms with Gasteiger partial charge in [-0.2, -0.15) is 0 Å². The number of anilines is 2. The van der Waals surface area contributed by atoms with Crippen molar-refractivity contribution in [2.75, 3.05) is 11.5 Å². The van der Waals surface area contributed by atoms with Crippen LogP contribution in [0.15, 0.2) is 6.07 Å². The highest BCUT2D eigenvalue weighted by Crippen LogP contribution is 2.29. The lowest BCUT2D eigenvalue weighted by molar-refractivity contribution is 1.39. The molecule has 0 aliphatic rings. The molecule has 0 atom stereocenters. The summed E-state index contributed by atoms with van der Waals surface area (Å²) in [5.41, 5.74) is 14.3. The standard InChI is InChI=1S/C8H11ClN2/c1-4-3-6(10)8(11)5(2)7(4)9/h3H,10-11H2,1-2H3. The van der Waals surface area contributed by atoms with Gasteiger partial charge in [0, 0.05) is 5.02 Å². The van der Waals surface area contributed by atoms with Crippen LogP contribution in [0.1, 0.15) is 11.1 Å². The van der Waals surface area contributed by atoms with Crippen LogP contribution in [0.5, 0.6) is 0 Å². The third-order valence-electron chi connectivity index (χ3n) is 1.76. The Balaban J connectivity index is 3.46. The summed E-state index contributed by atoms with van der Waals surface area (Å²) in [5.74, 6) is 0. The minimum Gasteiger partial charge on any atom is -0.397 e. The molecule has 1 rings (SSSR count). The molecule has 60 valence electrons. The number of benzene rings is 1. The smallest absolute Gasteiger partial charge is 0.0592 e. The molecule has 3 heteroatoms. The summed E-state index contributed by atoms with van der Waals surface area (Å²) in [7, 11) is 0. The molecule has 1 aromatic carbocycles. The normalized spacial score (nSPS) is 10.1. The lowest BCUT2D eigenvalue weighted by Crippen LogP contribution is -1.98. The van der Waals surface area contributed by atoms with Crippen LogP contribution in [0, 0.1) is 13.8 Å². The summed E-state index contributed by atoms with van der Waals surface area (Å²) in [6.45, 7) is 3.77. The van der Waals surface area contributed by atoms with Crippen molar-refractivity contribution in [3.05, 3.63) is 22.2 Å². The first-order chi connectivity index (χ1) is 5.04. The van der Waals surface area contributed by atoms with Crippen LogP contribution in [-0.4, -0.2) is 0 Å². The molecular formula is C8H11ClN2. The Morgan fingerprint density at radius 1 is 1.27 bits per heavy atom. The van der Waals surface area contributed by atoms with E-state index in [1.807, 2.05) is 13.8 Å². The molecule has 0 aromatic heterocycles. The molecule has 1 aromatic rings. The highest BCUT2D eigenvalue weighted by atomic mass is 35.5. The van der Waals surface area contributed by atoms with Crippen molar-refractivity contribution in [1.29, 1.82) is 0 Å². The Kier molecular flexibility index (Phi) is 1.96. The molecule has 0 spiro atoms. The maximum absolute atomic E-state index is 5.92. The van der Waals surface area contributed by atoms with Crippen molar-refractivity contribution in [3.8, 4) is 0 Å². The summed E-state index contributed by atoms with van der Waals surface area (Å²) in [6.07, 6.45) is 0. The maximum Gasteiger partial charge on any atom is 0.0592 e. The van der Waals surface area contributed by atoms with Crippen LogP contribution in [0.3, 0.4) is 0 Å². The van der Waals surface area contributed by atoms with Crippen molar-refractivity contribution >= 4 is 23.0 Å². The van der Waals surface area contributed by atoms with E-state index >= 15 is 0 Å². The first kappa shape index (κ1) is 8.21. The van der Waals surface area contributed by atoms with Gasteiger partial charge in [0.1, 0.15) is 0 Å². The second-order valence-electron chi connectivity index (χ2n) is 2.64. The SMILES string of the molecule is Cc1cc(N)c(N)c(C)c1Cl. The van der Waals surface area contributed by atoms with Crippen LogP contribution in [0.2, 0.25) is 5.02 Å². The highest BCUT2D eigenvalue weighted by Gasteiger charge is 2.05. The van der Waals surface area contributed by atoms with E-state index in [2.05, 4.69) is 0 Å². The lowest BCUT2D eigenvalue weighted by Gasteiger charge is -2.08. The molecule has 0 aliphatic carbocycles. The van der Waals surface area contributed by atoms with Gasteiger partial charge in [0.05, 0.1) is 11.4 Å². The number of halogens is 1. The molecule has 0 bridgehead atoms. The monoisotopic (exact) mass is 170 g/mol. The summed E-state index contributed by atoms with van der Waals surface area (Å²) in [4.78, 5) is 0. The third-order valence-corrected chi connectivity index (χ3v) is 2.34. The Morgan fingerprint density at radius 2 is 1.82 bits per heavy atom. The second-order valence-corrected chi connectivity index (χ2v) is 3.01. The van der Waals surface area contributed by atoms with Gasteiger partial charge in [-0.3, -0.25) is 0 Å². The first-order valence-electron chi connectivity index (χ1n) is 3.34. The lowest BCUT2D eigenvalue weighted by atomic mass is 10.1. The molecule has 0 heterocycles. The Hall–Kier alpha value is -0.890. The number of hydrogen-bond acceptors (Lipinski definition) is 2. The molecule has 0 amide bonds. The zero-order chi connectivity index (χ0) is 8.59. The fraction of sp³-hybridized carbons (Fsp3) is 0.250. The van der Waals surface area contributed by atoms with Gasteiger partial charge in [0.2, 0.25) is 0 Å². The van der Waals surface area contributed by atoms with Gasteiger partial charge < -0.3 is 11.5 Å². The van der Waals surface area contributed by atoms with E-state index < -0.39 is 0 Å². The van der Waals surface area contributed by atoms with E-state index in [1.54, 1.807) is 6.07 Å². The van der Waals surface area contributed by atoms with Crippen molar-refractivity contribution < 1.29 is 0 Å². The van der Waals surface area contributed by atoms with Crippen molar-refractivity contribution in [2.24, 2.45) is 0 Å². The van der Waals surface area contributed by atoms with Gasteiger partial charge in [-0.15, -0.1) is 0 Å². The number of hydrogen-bond donors (Lipinski definition) is 2. The van der Waals surface area contributed by atoms with Crippen molar-refractivity contribution in [3.63, 3.8) is 0 Å². The summed E-state index contributed by atoms with van der Waals surface area (Å²) >= 11 is 5.92. The van der Waals surface area contributed by atoms with Crippen molar-refractivity contribution in [2.45, 2.75) is 13.8 Å². The maximum atomic E-state index is 5.92. The van der Waals surface area contributed by atoms with Crippen LogP contribution >= 0.6 is 11.6 Å². The second kappa shape index (κ2) is 2.62. The summed E-state index contributed by atoms with van der Waals surface area (Å²) in [5, 5.41) is 0.705. The topological polar surface area (TPSA) is 52.0 Å². The Morgan fingerprint density at radius 3 is 2.36 bits per heavy atom. The van der Waals surface area contributed by atoms with E-state index in [1.165, 1.54) is 0 Å². The quantitative estimate of drug-likeness (QED) is 0.586. The number of aryl methyl sites for hydroxylation is 1. The zero-order valence-electron chi connectivity index (χ0n) is 6.61. The van der Waals surface area contributed by atoms with Crippen LogP contribution in [0.4, 0.5) is 11.4 Å². The predicted molar refractivity (Wildman–Crippen MR) is 49.8 cm³/mol. The van der Waals surface area contributed by atoms with E-state index in [9.17, 15) is 0 Å². The van der Waals surface area contributed by atoms with E-state index in [0.29, 0.717) is 16.4 Å². The van der Waals surface area contributed by atoms with Gasteiger partial charge in [0.25, 0.3) is 0 Å². The van der Waals surface area contributed by atoms with Gasteiger partial charge in [-0.1, -0.05) is 11.6 Å². The number of nitrogen functional groups attached to an aromatic ring is 2. The fourth-order valence-corrected chi connectivity index (χ4v) is 1.16. The molecule has 11 heavy (non-hydrogen) atoms. The highest BCUT2D eigenvalue weighted by molar-refractivity contribution is 6.32. The number of rotatable bonds is 0. The molecule has 0 saturated heterocycles. The molecule has 0 unspecified atom stereocenters. The largest absolute Gasteiger partial charge is 0.397 e. The molecule has 0 saturated carbocycles. The Labute approximate surface area is 71.1 Å². The van der Waals surface area contributed by atoms with Gasteiger partial charge in [-0.05, 0) is 31.0 Å². The molecule has 0 fully saturated rings. The van der Waals surface area contributed by atoms with E-state index in [-0.39, 0.29) is 0 Å². The Bertz CT molecular complexity index is 268. The van der Waals surface area contributed by atoms with Gasteiger partial charge >= 0.3 is 0 Å². The molecule has 0 aliphatic heterocycles. The van der Waals surface area contributed by atoms with Gasteiger partial charge in [0.15, 0.2) is 0 Å². The van der Waals surface area contributed by atoms with Gasteiger partial charge in [-0.25, -0.2) is 0 Å². The fourth-order valence-electron chi connectivity index (χ4n) is 1.00.